The van der Waals surface area contributed by atoms with E-state index in [2.05, 4.69) is 43.1 Å². The van der Waals surface area contributed by atoms with Gasteiger partial charge in [-0.1, -0.05) is 43.2 Å². The van der Waals surface area contributed by atoms with Gasteiger partial charge >= 0.3 is 5.69 Å². The van der Waals surface area contributed by atoms with Gasteiger partial charge in [-0.25, -0.2) is 9.78 Å². The average molecular weight is 384 g/mol. The molecule has 0 radical (unpaired) electrons. The van der Waals surface area contributed by atoms with Crippen LogP contribution in [0.4, 0.5) is 0 Å². The van der Waals surface area contributed by atoms with Crippen molar-refractivity contribution in [3.63, 3.8) is 0 Å². The zero-order chi connectivity index (χ0) is 19.6. The predicted octanol–water partition coefficient (Wildman–Crippen LogP) is 3.58. The topological polar surface area (TPSA) is 56.9 Å². The number of unbranched alkanes of at least 4 members (excludes halogenated alkanes) is 1. The normalized spacial score (nSPS) is 11.3. The van der Waals surface area contributed by atoms with Crippen molar-refractivity contribution in [2.75, 3.05) is 0 Å². The molecule has 3 aromatic rings. The molecule has 0 amide bonds. The Labute approximate surface area is 163 Å². The Balaban J connectivity index is 2.14. The van der Waals surface area contributed by atoms with Gasteiger partial charge in [0, 0.05) is 30.9 Å². The highest BCUT2D eigenvalue weighted by atomic mass is 32.2. The first-order valence-corrected chi connectivity index (χ1v) is 10.2. The van der Waals surface area contributed by atoms with Crippen LogP contribution in [0.15, 0.2) is 44.9 Å². The summed E-state index contributed by atoms with van der Waals surface area (Å²) in [7, 11) is 3.19. The van der Waals surface area contributed by atoms with E-state index >= 15 is 0 Å². The summed E-state index contributed by atoms with van der Waals surface area (Å²) in [6.45, 7) is 4.22. The molecular formula is C21H25N3O2S. The summed E-state index contributed by atoms with van der Waals surface area (Å²) in [5.74, 6) is 0.768. The van der Waals surface area contributed by atoms with Gasteiger partial charge in [0.25, 0.3) is 5.56 Å². The molecule has 0 N–H and O–H groups in total. The Bertz CT molecular complexity index is 1080. The lowest BCUT2D eigenvalue weighted by molar-refractivity contribution is 0.703. The Morgan fingerprint density at radius 3 is 2.44 bits per heavy atom. The van der Waals surface area contributed by atoms with Gasteiger partial charge in [-0.2, -0.15) is 0 Å². The Morgan fingerprint density at radius 2 is 1.78 bits per heavy atom. The molecule has 0 fully saturated rings. The summed E-state index contributed by atoms with van der Waals surface area (Å²) in [5, 5.41) is 0.547. The van der Waals surface area contributed by atoms with E-state index in [1.54, 1.807) is 18.8 Å². The minimum absolute atomic E-state index is 0.273. The van der Waals surface area contributed by atoms with E-state index < -0.39 is 0 Å². The summed E-state index contributed by atoms with van der Waals surface area (Å²) in [6, 6.07) is 8.43. The van der Waals surface area contributed by atoms with Crippen LogP contribution < -0.4 is 11.2 Å². The number of thioether (sulfide) groups is 1. The number of benzene rings is 1. The first-order chi connectivity index (χ1) is 12.9. The van der Waals surface area contributed by atoms with Crippen molar-refractivity contribution in [1.29, 1.82) is 0 Å². The summed E-state index contributed by atoms with van der Waals surface area (Å²) < 4.78 is 2.62. The molecule has 0 saturated heterocycles. The predicted molar refractivity (Wildman–Crippen MR) is 112 cm³/mol. The fraction of sp³-hybridized carbons (Fsp3) is 0.381. The quantitative estimate of drug-likeness (QED) is 0.611. The zero-order valence-electron chi connectivity index (χ0n) is 16.3. The van der Waals surface area contributed by atoms with Gasteiger partial charge in [0.2, 0.25) is 0 Å². The highest BCUT2D eigenvalue weighted by molar-refractivity contribution is 7.98. The lowest BCUT2D eigenvalue weighted by Crippen LogP contribution is -2.37. The smallest absolute Gasteiger partial charge is 0.280 e. The molecule has 0 bridgehead atoms. The lowest BCUT2D eigenvalue weighted by atomic mass is 10.1. The van der Waals surface area contributed by atoms with Crippen LogP contribution in [0.25, 0.3) is 11.0 Å². The number of rotatable bonds is 6. The second kappa shape index (κ2) is 8.13. The largest absolute Gasteiger partial charge is 0.332 e. The lowest BCUT2D eigenvalue weighted by Gasteiger charge is -2.14. The van der Waals surface area contributed by atoms with E-state index in [9.17, 15) is 9.59 Å². The first-order valence-electron chi connectivity index (χ1n) is 9.20. The molecule has 2 heterocycles. The maximum absolute atomic E-state index is 12.9. The van der Waals surface area contributed by atoms with Gasteiger partial charge in [0.1, 0.15) is 5.65 Å². The standard InChI is InChI=1S/C21H25N3O2S/c1-5-6-7-16-12-22-19-17(20(25)24(4)21(26)23(19)3)18(16)27-13-15-10-8-14(2)9-11-15/h8-12H,5-7,13H2,1-4H3. The minimum Gasteiger partial charge on any atom is -0.280 e. The fourth-order valence-corrected chi connectivity index (χ4v) is 4.26. The number of pyridine rings is 1. The Kier molecular flexibility index (Phi) is 5.85. The number of aromatic nitrogens is 3. The van der Waals surface area contributed by atoms with Crippen molar-refractivity contribution in [3.05, 3.63) is 68.0 Å². The van der Waals surface area contributed by atoms with E-state index in [4.69, 9.17) is 0 Å². The molecule has 3 rings (SSSR count). The molecule has 0 aliphatic rings. The molecule has 0 atom stereocenters. The SMILES string of the molecule is CCCCc1cnc2c(c1SCc1ccc(C)cc1)c(=O)n(C)c(=O)n2C. The highest BCUT2D eigenvalue weighted by Gasteiger charge is 2.17. The van der Waals surface area contributed by atoms with Crippen molar-refractivity contribution in [2.45, 2.75) is 43.8 Å². The first kappa shape index (κ1) is 19.4. The van der Waals surface area contributed by atoms with E-state index in [1.807, 2.05) is 6.20 Å². The number of hydrogen-bond acceptors (Lipinski definition) is 4. The molecule has 0 spiro atoms. The molecule has 0 aliphatic heterocycles. The molecule has 6 heteroatoms. The van der Waals surface area contributed by atoms with Crippen LogP contribution in [0.2, 0.25) is 0 Å². The molecule has 0 aliphatic carbocycles. The molecule has 27 heavy (non-hydrogen) atoms. The number of nitrogens with zero attached hydrogens (tertiary/aromatic N) is 3. The van der Waals surface area contributed by atoms with Gasteiger partial charge in [-0.05, 0) is 30.9 Å². The highest BCUT2D eigenvalue weighted by Crippen LogP contribution is 2.31. The molecule has 0 unspecified atom stereocenters. The second-order valence-corrected chi connectivity index (χ2v) is 7.88. The molecular weight excluding hydrogens is 358 g/mol. The molecule has 2 aromatic heterocycles. The molecule has 5 nitrogen and oxygen atoms in total. The minimum atomic E-state index is -0.351. The Hall–Kier alpha value is -2.34. The Morgan fingerprint density at radius 1 is 1.07 bits per heavy atom. The van der Waals surface area contributed by atoms with Crippen LogP contribution in [0.5, 0.6) is 0 Å². The van der Waals surface area contributed by atoms with Crippen LogP contribution >= 0.6 is 11.8 Å². The summed E-state index contributed by atoms with van der Waals surface area (Å²) >= 11 is 1.65. The number of hydrogen-bond donors (Lipinski definition) is 0. The van der Waals surface area contributed by atoms with Crippen molar-refractivity contribution in [1.82, 2.24) is 14.1 Å². The zero-order valence-corrected chi connectivity index (χ0v) is 17.1. The summed E-state index contributed by atoms with van der Waals surface area (Å²) in [4.78, 5) is 30.6. The van der Waals surface area contributed by atoms with Crippen molar-refractivity contribution in [3.8, 4) is 0 Å². The van der Waals surface area contributed by atoms with Gasteiger partial charge in [0.15, 0.2) is 0 Å². The fourth-order valence-electron chi connectivity index (χ4n) is 3.09. The molecule has 0 saturated carbocycles. The van der Waals surface area contributed by atoms with E-state index in [0.29, 0.717) is 11.0 Å². The van der Waals surface area contributed by atoms with Gasteiger partial charge in [-0.3, -0.25) is 13.9 Å². The van der Waals surface area contributed by atoms with Crippen molar-refractivity contribution < 1.29 is 0 Å². The second-order valence-electron chi connectivity index (χ2n) is 6.89. The van der Waals surface area contributed by atoms with Crippen LogP contribution in [0.1, 0.15) is 36.5 Å². The van der Waals surface area contributed by atoms with E-state index in [1.165, 1.54) is 27.3 Å². The summed E-state index contributed by atoms with van der Waals surface area (Å²) in [5.41, 5.74) is 3.34. The maximum atomic E-state index is 12.9. The third-order valence-electron chi connectivity index (χ3n) is 4.80. The van der Waals surface area contributed by atoms with Crippen molar-refractivity contribution in [2.24, 2.45) is 14.1 Å². The van der Waals surface area contributed by atoms with Crippen LogP contribution in [0, 0.1) is 6.92 Å². The summed E-state index contributed by atoms with van der Waals surface area (Å²) in [6.07, 6.45) is 4.82. The molecule has 142 valence electrons. The number of fused-ring (bicyclic) bond motifs is 1. The van der Waals surface area contributed by atoms with Crippen LogP contribution in [-0.4, -0.2) is 14.1 Å². The van der Waals surface area contributed by atoms with Crippen LogP contribution in [-0.2, 0) is 26.3 Å². The van der Waals surface area contributed by atoms with E-state index in [-0.39, 0.29) is 11.2 Å². The third-order valence-corrected chi connectivity index (χ3v) is 6.03. The molecule has 1 aromatic carbocycles. The maximum Gasteiger partial charge on any atom is 0.332 e. The average Bonchev–Trinajstić information content (AvgIpc) is 2.68. The van der Waals surface area contributed by atoms with Gasteiger partial charge in [0.05, 0.1) is 5.39 Å². The van der Waals surface area contributed by atoms with E-state index in [0.717, 1.165) is 35.5 Å². The van der Waals surface area contributed by atoms with Gasteiger partial charge < -0.3 is 0 Å². The number of aryl methyl sites for hydroxylation is 3. The monoisotopic (exact) mass is 383 g/mol. The van der Waals surface area contributed by atoms with Gasteiger partial charge in [-0.15, -0.1) is 11.8 Å². The van der Waals surface area contributed by atoms with Crippen molar-refractivity contribution >= 4 is 22.8 Å². The van der Waals surface area contributed by atoms with Crippen LogP contribution in [0.3, 0.4) is 0 Å². The third kappa shape index (κ3) is 3.86.